The van der Waals surface area contributed by atoms with Gasteiger partial charge >= 0.3 is 0 Å². The maximum atomic E-state index is 13.4. The van der Waals surface area contributed by atoms with Crippen LogP contribution in [0.4, 0.5) is 0 Å². The van der Waals surface area contributed by atoms with E-state index in [9.17, 15) is 9.90 Å². The first-order valence-corrected chi connectivity index (χ1v) is 11.8. The molecule has 12 nitrogen and oxygen atoms in total. The number of aliphatic hydroxyl groups is 1. The molecule has 1 aliphatic heterocycles. The summed E-state index contributed by atoms with van der Waals surface area (Å²) in [7, 11) is 3.03. The van der Waals surface area contributed by atoms with Gasteiger partial charge in [-0.15, -0.1) is 0 Å². The molecule has 12 heteroatoms. The zero-order chi connectivity index (χ0) is 25.9. The van der Waals surface area contributed by atoms with Crippen LogP contribution in [-0.2, 0) is 9.63 Å². The molecule has 0 radical (unpaired) electrons. The number of aryl methyl sites for hydroxylation is 1. The standard InChI is InChI=1S/C25H28N8O4/c1-16-28-15-33(29-16)24-21-20(19(36-2)14-27-24)18(13-26-21)22(34)25(35)32-11-9-31(10-12-32)23(30-37-3)17-7-5-4-6-8-17/h4-8,13-15,22,26,34H,9-12H2,1-3H3/b30-23+. The fourth-order valence-corrected chi connectivity index (χ4v) is 4.53. The lowest BCUT2D eigenvalue weighted by atomic mass is 10.1. The van der Waals surface area contributed by atoms with Crippen molar-refractivity contribution >= 4 is 22.6 Å². The summed E-state index contributed by atoms with van der Waals surface area (Å²) < 4.78 is 7.05. The molecular formula is C25H28N8O4. The Bertz CT molecular complexity index is 1420. The van der Waals surface area contributed by atoms with Gasteiger partial charge in [-0.05, 0) is 6.92 Å². The van der Waals surface area contributed by atoms with Crippen molar-refractivity contribution in [2.45, 2.75) is 13.0 Å². The molecule has 2 N–H and O–H groups in total. The van der Waals surface area contributed by atoms with Crippen LogP contribution in [0.3, 0.4) is 0 Å². The Morgan fingerprint density at radius 1 is 1.11 bits per heavy atom. The van der Waals surface area contributed by atoms with Gasteiger partial charge in [0.05, 0.1) is 24.2 Å². The molecule has 5 rings (SSSR count). The number of nitrogens with one attached hydrogen (secondary N) is 1. The second-order valence-corrected chi connectivity index (χ2v) is 8.56. The number of methoxy groups -OCH3 is 1. The Morgan fingerprint density at radius 2 is 1.84 bits per heavy atom. The van der Waals surface area contributed by atoms with Crippen LogP contribution < -0.4 is 4.74 Å². The van der Waals surface area contributed by atoms with E-state index in [0.717, 1.165) is 5.56 Å². The minimum atomic E-state index is -1.39. The number of hydrogen-bond donors (Lipinski definition) is 2. The summed E-state index contributed by atoms with van der Waals surface area (Å²) in [5.74, 6) is 1.84. The zero-order valence-corrected chi connectivity index (χ0v) is 20.8. The molecule has 1 atom stereocenters. The molecule has 0 bridgehead atoms. The van der Waals surface area contributed by atoms with Crippen molar-refractivity contribution in [1.82, 2.24) is 34.5 Å². The zero-order valence-electron chi connectivity index (χ0n) is 20.8. The van der Waals surface area contributed by atoms with Crippen molar-refractivity contribution in [3.8, 4) is 11.6 Å². The number of fused-ring (bicyclic) bond motifs is 1. The number of rotatable bonds is 6. The molecule has 0 aliphatic carbocycles. The summed E-state index contributed by atoms with van der Waals surface area (Å²) in [6, 6.07) is 9.76. The van der Waals surface area contributed by atoms with E-state index in [0.29, 0.717) is 65.9 Å². The lowest BCUT2D eigenvalue weighted by Crippen LogP contribution is -2.51. The highest BCUT2D eigenvalue weighted by atomic mass is 16.6. The Kier molecular flexibility index (Phi) is 6.73. The minimum Gasteiger partial charge on any atom is -0.494 e. The summed E-state index contributed by atoms with van der Waals surface area (Å²) in [5.41, 5.74) is 1.92. The van der Waals surface area contributed by atoms with E-state index in [1.165, 1.54) is 18.9 Å². The van der Waals surface area contributed by atoms with Gasteiger partial charge in [-0.3, -0.25) is 4.79 Å². The first-order valence-electron chi connectivity index (χ1n) is 11.8. The smallest absolute Gasteiger partial charge is 0.256 e. The molecule has 1 amide bonds. The van der Waals surface area contributed by atoms with E-state index >= 15 is 0 Å². The molecule has 3 aromatic heterocycles. The normalized spacial score (nSPS) is 15.2. The first-order chi connectivity index (χ1) is 18.0. The van der Waals surface area contributed by atoms with Gasteiger partial charge in [0.1, 0.15) is 25.0 Å². The predicted molar refractivity (Wildman–Crippen MR) is 135 cm³/mol. The van der Waals surface area contributed by atoms with Crippen molar-refractivity contribution in [2.24, 2.45) is 5.16 Å². The number of nitrogens with zero attached hydrogens (tertiary/aromatic N) is 7. The summed E-state index contributed by atoms with van der Waals surface area (Å²) in [6.45, 7) is 3.73. The van der Waals surface area contributed by atoms with Gasteiger partial charge in [-0.1, -0.05) is 35.5 Å². The minimum absolute atomic E-state index is 0.387. The number of amides is 1. The van der Waals surface area contributed by atoms with Gasteiger partial charge < -0.3 is 29.5 Å². The summed E-state index contributed by atoms with van der Waals surface area (Å²) in [4.78, 5) is 33.9. The van der Waals surface area contributed by atoms with Gasteiger partial charge in [0.25, 0.3) is 5.91 Å². The number of carbonyl (C=O) groups is 1. The van der Waals surface area contributed by atoms with E-state index in [1.807, 2.05) is 30.3 Å². The van der Waals surface area contributed by atoms with Crippen LogP contribution in [-0.4, -0.2) is 91.8 Å². The number of pyridine rings is 1. The van der Waals surface area contributed by atoms with E-state index in [4.69, 9.17) is 9.57 Å². The second kappa shape index (κ2) is 10.3. The van der Waals surface area contributed by atoms with Crippen molar-refractivity contribution in [3.05, 3.63) is 66.0 Å². The number of aromatic nitrogens is 5. The number of benzene rings is 1. The molecule has 1 saturated heterocycles. The number of carbonyl (C=O) groups excluding carboxylic acids is 1. The molecule has 1 aromatic carbocycles. The molecule has 1 fully saturated rings. The number of aromatic amines is 1. The van der Waals surface area contributed by atoms with Crippen LogP contribution in [0.15, 0.2) is 54.2 Å². The van der Waals surface area contributed by atoms with Gasteiger partial charge in [0.15, 0.2) is 17.8 Å². The Morgan fingerprint density at radius 3 is 2.49 bits per heavy atom. The van der Waals surface area contributed by atoms with E-state index in [-0.39, 0.29) is 5.91 Å². The molecule has 0 spiro atoms. The highest BCUT2D eigenvalue weighted by molar-refractivity contribution is 5.99. The summed E-state index contributed by atoms with van der Waals surface area (Å²) in [6.07, 6.45) is 3.33. The maximum absolute atomic E-state index is 13.4. The van der Waals surface area contributed by atoms with Gasteiger partial charge in [-0.25, -0.2) is 14.6 Å². The lowest BCUT2D eigenvalue weighted by Gasteiger charge is -2.37. The van der Waals surface area contributed by atoms with Crippen molar-refractivity contribution in [2.75, 3.05) is 40.4 Å². The summed E-state index contributed by atoms with van der Waals surface area (Å²) in [5, 5.41) is 20.3. The highest BCUT2D eigenvalue weighted by Gasteiger charge is 2.31. The monoisotopic (exact) mass is 504 g/mol. The molecular weight excluding hydrogens is 476 g/mol. The van der Waals surface area contributed by atoms with Crippen LogP contribution in [0.1, 0.15) is 23.1 Å². The Balaban J connectivity index is 1.37. The molecule has 192 valence electrons. The van der Waals surface area contributed by atoms with Crippen LogP contribution >= 0.6 is 0 Å². The van der Waals surface area contributed by atoms with E-state index < -0.39 is 6.10 Å². The third-order valence-corrected chi connectivity index (χ3v) is 6.36. The average Bonchev–Trinajstić information content (AvgIpc) is 3.58. The average molecular weight is 505 g/mol. The highest BCUT2D eigenvalue weighted by Crippen LogP contribution is 2.35. The fraction of sp³-hybridized carbons (Fsp3) is 0.320. The van der Waals surface area contributed by atoms with Crippen molar-refractivity contribution < 1.29 is 19.5 Å². The van der Waals surface area contributed by atoms with Gasteiger partial charge in [0, 0.05) is 43.5 Å². The molecule has 1 unspecified atom stereocenters. The van der Waals surface area contributed by atoms with Crippen LogP contribution in [0.5, 0.6) is 5.75 Å². The first kappa shape index (κ1) is 24.3. The summed E-state index contributed by atoms with van der Waals surface area (Å²) >= 11 is 0. The number of hydrogen-bond acceptors (Lipinski definition) is 8. The van der Waals surface area contributed by atoms with Gasteiger partial charge in [0.2, 0.25) is 0 Å². The van der Waals surface area contributed by atoms with Crippen LogP contribution in [0.2, 0.25) is 0 Å². The largest absolute Gasteiger partial charge is 0.494 e. The Labute approximate surface area is 213 Å². The van der Waals surface area contributed by atoms with E-state index in [1.54, 1.807) is 30.5 Å². The van der Waals surface area contributed by atoms with Gasteiger partial charge in [-0.2, -0.15) is 5.10 Å². The Hall–Kier alpha value is -4.45. The van der Waals surface area contributed by atoms with Crippen LogP contribution in [0, 0.1) is 6.92 Å². The number of oxime groups is 1. The third-order valence-electron chi connectivity index (χ3n) is 6.36. The topological polar surface area (TPSA) is 134 Å². The fourth-order valence-electron chi connectivity index (χ4n) is 4.53. The SMILES string of the molecule is CO/N=C(\c1ccccc1)N1CCN(C(=O)C(O)c2c[nH]c3c(-n4cnc(C)n4)ncc(OC)c23)CC1. The van der Waals surface area contributed by atoms with E-state index in [2.05, 4.69) is 30.1 Å². The lowest BCUT2D eigenvalue weighted by molar-refractivity contribution is -0.141. The number of amidine groups is 1. The van der Waals surface area contributed by atoms with Crippen molar-refractivity contribution in [1.29, 1.82) is 0 Å². The number of H-pyrrole nitrogens is 1. The number of aliphatic hydroxyl groups excluding tert-OH is 1. The molecule has 0 saturated carbocycles. The molecule has 1 aliphatic rings. The quantitative estimate of drug-likeness (QED) is 0.230. The second-order valence-electron chi connectivity index (χ2n) is 8.56. The van der Waals surface area contributed by atoms with Crippen LogP contribution in [0.25, 0.3) is 16.7 Å². The number of piperazine rings is 1. The maximum Gasteiger partial charge on any atom is 0.256 e. The molecule has 4 heterocycles. The molecule has 4 aromatic rings. The molecule has 37 heavy (non-hydrogen) atoms. The number of ether oxygens (including phenoxy) is 1. The third kappa shape index (κ3) is 4.58. The van der Waals surface area contributed by atoms with Crippen molar-refractivity contribution in [3.63, 3.8) is 0 Å². The predicted octanol–water partition coefficient (Wildman–Crippen LogP) is 1.65.